The number of rotatable bonds is 3. The first-order valence-corrected chi connectivity index (χ1v) is 7.53. The number of nitrogens with one attached hydrogen (secondary N) is 1. The van der Waals surface area contributed by atoms with Crippen LogP contribution in [0.1, 0.15) is 32.1 Å². The van der Waals surface area contributed by atoms with Crippen LogP contribution >= 0.6 is 0 Å². The van der Waals surface area contributed by atoms with E-state index in [0.717, 1.165) is 45.2 Å². The van der Waals surface area contributed by atoms with Gasteiger partial charge in [0.15, 0.2) is 0 Å². The summed E-state index contributed by atoms with van der Waals surface area (Å²) in [6, 6.07) is 0.354. The Hall–Kier alpha value is -0.170. The summed E-state index contributed by atoms with van der Waals surface area (Å²) in [6.45, 7) is 2.10. The fourth-order valence-electron chi connectivity index (χ4n) is 3.24. The molecule has 0 aromatic carbocycles. The normalized spacial score (nSPS) is 29.9. The Morgan fingerprint density at radius 3 is 2.12 bits per heavy atom. The van der Waals surface area contributed by atoms with E-state index in [4.69, 9.17) is 5.14 Å². The van der Waals surface area contributed by atoms with Gasteiger partial charge in [0.2, 0.25) is 0 Å². The maximum absolute atomic E-state index is 11.6. The van der Waals surface area contributed by atoms with Crippen LogP contribution in [0.15, 0.2) is 0 Å². The van der Waals surface area contributed by atoms with Crippen molar-refractivity contribution in [3.05, 3.63) is 0 Å². The zero-order valence-corrected chi connectivity index (χ0v) is 10.2. The predicted molar refractivity (Wildman–Crippen MR) is 60.9 cm³/mol. The molecule has 1 heterocycles. The Morgan fingerprint density at radius 1 is 1.19 bits per heavy atom. The molecule has 0 atom stereocenters. The summed E-state index contributed by atoms with van der Waals surface area (Å²) in [5.74, 6) is 0. The quantitative estimate of drug-likeness (QED) is 0.723. The fraction of sp³-hybridized carbons (Fsp3) is 1.00. The summed E-state index contributed by atoms with van der Waals surface area (Å²) in [6.07, 6.45) is 5.09. The molecule has 2 saturated carbocycles. The second kappa shape index (κ2) is 3.41. The van der Waals surface area contributed by atoms with Crippen LogP contribution in [0.3, 0.4) is 0 Å². The smallest absolute Gasteiger partial charge is 0.277 e. The van der Waals surface area contributed by atoms with Gasteiger partial charge in [0.05, 0.1) is 0 Å². The molecular formula is C10H19N3O2S. The van der Waals surface area contributed by atoms with E-state index in [0.29, 0.717) is 5.41 Å². The summed E-state index contributed by atoms with van der Waals surface area (Å²) in [5.41, 5.74) is 0.400. The van der Waals surface area contributed by atoms with Gasteiger partial charge in [0.1, 0.15) is 0 Å². The first kappa shape index (κ1) is 11.0. The Morgan fingerprint density at radius 2 is 1.81 bits per heavy atom. The van der Waals surface area contributed by atoms with Crippen LogP contribution in [0.25, 0.3) is 0 Å². The molecule has 16 heavy (non-hydrogen) atoms. The molecule has 3 rings (SSSR count). The highest BCUT2D eigenvalue weighted by atomic mass is 32.2. The monoisotopic (exact) mass is 245 g/mol. The average Bonchev–Trinajstić information content (AvgIpc) is 1.90. The molecule has 0 amide bonds. The van der Waals surface area contributed by atoms with E-state index in [9.17, 15) is 8.42 Å². The Bertz CT molecular complexity index is 379. The van der Waals surface area contributed by atoms with Gasteiger partial charge in [0, 0.05) is 25.2 Å². The second-order valence-electron chi connectivity index (χ2n) is 5.63. The number of hydrogen-bond acceptors (Lipinski definition) is 3. The third kappa shape index (κ3) is 1.59. The van der Waals surface area contributed by atoms with Crippen LogP contribution in [-0.2, 0) is 10.2 Å². The lowest BCUT2D eigenvalue weighted by molar-refractivity contribution is -0.0264. The van der Waals surface area contributed by atoms with E-state index in [2.05, 4.69) is 5.32 Å². The fourth-order valence-corrected chi connectivity index (χ4v) is 4.43. The lowest BCUT2D eigenvalue weighted by atomic mass is 9.61. The Kier molecular flexibility index (Phi) is 2.34. The van der Waals surface area contributed by atoms with Gasteiger partial charge in [-0.2, -0.15) is 12.7 Å². The molecule has 1 spiro atoms. The highest BCUT2D eigenvalue weighted by Crippen LogP contribution is 2.48. The molecule has 3 aliphatic rings. The van der Waals surface area contributed by atoms with E-state index in [1.54, 1.807) is 4.31 Å². The van der Waals surface area contributed by atoms with Crippen LogP contribution in [0.4, 0.5) is 0 Å². The molecule has 3 N–H and O–H groups in total. The molecule has 5 nitrogen and oxygen atoms in total. The van der Waals surface area contributed by atoms with Gasteiger partial charge in [-0.3, -0.25) is 0 Å². The molecule has 2 aliphatic carbocycles. The lowest BCUT2D eigenvalue weighted by Crippen LogP contribution is -2.67. The van der Waals surface area contributed by atoms with Gasteiger partial charge < -0.3 is 5.32 Å². The second-order valence-corrected chi connectivity index (χ2v) is 7.08. The lowest BCUT2D eigenvalue weighted by Gasteiger charge is -2.58. The summed E-state index contributed by atoms with van der Waals surface area (Å²) >= 11 is 0. The Labute approximate surface area is 96.6 Å². The molecule has 0 unspecified atom stereocenters. The highest BCUT2D eigenvalue weighted by Gasteiger charge is 2.53. The van der Waals surface area contributed by atoms with Crippen molar-refractivity contribution in [3.8, 4) is 0 Å². The van der Waals surface area contributed by atoms with Crippen LogP contribution < -0.4 is 10.5 Å². The van der Waals surface area contributed by atoms with Crippen LogP contribution in [0.5, 0.6) is 0 Å². The minimum atomic E-state index is -3.51. The molecular weight excluding hydrogens is 226 g/mol. The molecule has 3 fully saturated rings. The molecule has 0 radical (unpaired) electrons. The number of hydrogen-bond donors (Lipinski definition) is 2. The van der Waals surface area contributed by atoms with E-state index >= 15 is 0 Å². The topological polar surface area (TPSA) is 75.4 Å². The van der Waals surface area contributed by atoms with Crippen LogP contribution in [-0.4, -0.2) is 37.9 Å². The first-order valence-electron chi connectivity index (χ1n) is 6.02. The molecule has 0 aromatic rings. The summed E-state index contributed by atoms with van der Waals surface area (Å²) < 4.78 is 24.8. The summed E-state index contributed by atoms with van der Waals surface area (Å²) in [7, 11) is -3.51. The zero-order chi connectivity index (χ0) is 11.4. The van der Waals surface area contributed by atoms with Crippen molar-refractivity contribution in [1.82, 2.24) is 9.62 Å². The Balaban J connectivity index is 1.70. The van der Waals surface area contributed by atoms with Crippen molar-refractivity contribution in [2.75, 3.05) is 13.1 Å². The average molecular weight is 245 g/mol. The third-order valence-electron chi connectivity index (χ3n) is 4.43. The molecule has 0 aromatic heterocycles. The van der Waals surface area contributed by atoms with Crippen molar-refractivity contribution in [2.45, 2.75) is 44.2 Å². The van der Waals surface area contributed by atoms with E-state index in [1.165, 1.54) is 0 Å². The van der Waals surface area contributed by atoms with Gasteiger partial charge in [-0.05, 0) is 31.1 Å². The molecule has 6 heteroatoms. The highest BCUT2D eigenvalue weighted by molar-refractivity contribution is 7.86. The molecule has 0 bridgehead atoms. The van der Waals surface area contributed by atoms with Gasteiger partial charge in [-0.15, -0.1) is 0 Å². The predicted octanol–water partition coefficient (Wildman–Crippen LogP) is -0.204. The SMILES string of the molecule is NS(=O)(=O)N(C1CCC1)C1CC2(CNC2)C1. The van der Waals surface area contributed by atoms with Crippen molar-refractivity contribution in [2.24, 2.45) is 10.6 Å². The van der Waals surface area contributed by atoms with Crippen molar-refractivity contribution < 1.29 is 8.42 Å². The molecule has 1 saturated heterocycles. The van der Waals surface area contributed by atoms with Gasteiger partial charge in [0.25, 0.3) is 10.2 Å². The third-order valence-corrected chi connectivity index (χ3v) is 5.61. The van der Waals surface area contributed by atoms with Crippen molar-refractivity contribution in [3.63, 3.8) is 0 Å². The molecule has 1 aliphatic heterocycles. The van der Waals surface area contributed by atoms with Gasteiger partial charge in [-0.1, -0.05) is 6.42 Å². The minimum Gasteiger partial charge on any atom is -0.316 e. The first-order chi connectivity index (χ1) is 7.50. The molecule has 92 valence electrons. The maximum atomic E-state index is 11.6. The van der Waals surface area contributed by atoms with Crippen LogP contribution in [0, 0.1) is 5.41 Å². The summed E-state index contributed by atoms with van der Waals surface area (Å²) in [5, 5.41) is 8.59. The summed E-state index contributed by atoms with van der Waals surface area (Å²) in [4.78, 5) is 0. The van der Waals surface area contributed by atoms with Crippen molar-refractivity contribution in [1.29, 1.82) is 0 Å². The van der Waals surface area contributed by atoms with Gasteiger partial charge in [-0.25, -0.2) is 5.14 Å². The number of nitrogens with zero attached hydrogens (tertiary/aromatic N) is 1. The van der Waals surface area contributed by atoms with E-state index < -0.39 is 10.2 Å². The van der Waals surface area contributed by atoms with E-state index in [-0.39, 0.29) is 12.1 Å². The van der Waals surface area contributed by atoms with Gasteiger partial charge >= 0.3 is 0 Å². The van der Waals surface area contributed by atoms with E-state index in [1.807, 2.05) is 0 Å². The zero-order valence-electron chi connectivity index (χ0n) is 9.35. The standard InChI is InChI=1S/C10H19N3O2S/c11-16(14,15)13(8-2-1-3-8)9-4-10(5-9)6-12-7-10/h8-9,12H,1-7H2,(H2,11,14,15). The maximum Gasteiger partial charge on any atom is 0.277 e. The van der Waals surface area contributed by atoms with Crippen LogP contribution in [0.2, 0.25) is 0 Å². The number of nitrogens with two attached hydrogens (primary N) is 1. The minimum absolute atomic E-state index is 0.169. The van der Waals surface area contributed by atoms with Crippen molar-refractivity contribution >= 4 is 10.2 Å². The largest absolute Gasteiger partial charge is 0.316 e.